The second-order valence-electron chi connectivity index (χ2n) is 5.84. The van der Waals surface area contributed by atoms with Crippen LogP contribution in [0.25, 0.3) is 0 Å². The minimum atomic E-state index is -0.336. The number of rotatable bonds is 3. The molecule has 1 aliphatic carbocycles. The molecule has 1 heterocycles. The van der Waals surface area contributed by atoms with E-state index in [-0.39, 0.29) is 36.7 Å². The van der Waals surface area contributed by atoms with Crippen molar-refractivity contribution < 1.29 is 19.1 Å². The fourth-order valence-electron chi connectivity index (χ4n) is 3.01. The molecule has 2 fully saturated rings. The zero-order chi connectivity index (χ0) is 15.5. The smallest absolute Gasteiger partial charge is 0.338 e. The van der Waals surface area contributed by atoms with Crippen LogP contribution < -0.4 is 4.90 Å². The first-order chi connectivity index (χ1) is 10.6. The Labute approximate surface area is 129 Å². The molecule has 116 valence electrons. The number of benzene rings is 1. The van der Waals surface area contributed by atoms with Gasteiger partial charge in [0.2, 0.25) is 11.8 Å². The minimum absolute atomic E-state index is 0.0164. The van der Waals surface area contributed by atoms with Gasteiger partial charge in [-0.15, -0.1) is 0 Å². The van der Waals surface area contributed by atoms with Crippen LogP contribution in [0.2, 0.25) is 0 Å². The maximum absolute atomic E-state index is 12.1. The van der Waals surface area contributed by atoms with Crippen LogP contribution in [0.3, 0.4) is 0 Å². The number of hydrogen-bond acceptors (Lipinski definition) is 4. The fraction of sp³-hybridized carbons (Fsp3) is 0.471. The lowest BCUT2D eigenvalue weighted by Gasteiger charge is -2.22. The SMILES string of the molecule is O=C(OC1CCCCC1)c1ccc(N2C(=O)CCC2=O)cc1. The largest absolute Gasteiger partial charge is 0.459 e. The Balaban J connectivity index is 1.67. The Kier molecular flexibility index (Phi) is 4.22. The maximum atomic E-state index is 12.1. The fourth-order valence-corrected chi connectivity index (χ4v) is 3.01. The summed E-state index contributed by atoms with van der Waals surface area (Å²) in [6.45, 7) is 0. The second-order valence-corrected chi connectivity index (χ2v) is 5.84. The van der Waals surface area contributed by atoms with Crippen molar-refractivity contribution in [2.75, 3.05) is 4.90 Å². The Morgan fingerprint density at radius 2 is 1.55 bits per heavy atom. The van der Waals surface area contributed by atoms with Gasteiger partial charge in [-0.2, -0.15) is 0 Å². The molecule has 5 nitrogen and oxygen atoms in total. The van der Waals surface area contributed by atoms with Crippen LogP contribution in [-0.4, -0.2) is 23.9 Å². The molecule has 1 aliphatic heterocycles. The van der Waals surface area contributed by atoms with Crippen LogP contribution in [0.1, 0.15) is 55.3 Å². The maximum Gasteiger partial charge on any atom is 0.338 e. The van der Waals surface area contributed by atoms with E-state index in [1.165, 1.54) is 11.3 Å². The van der Waals surface area contributed by atoms with E-state index in [2.05, 4.69) is 0 Å². The average molecular weight is 301 g/mol. The average Bonchev–Trinajstić information content (AvgIpc) is 2.87. The highest BCUT2D eigenvalue weighted by atomic mass is 16.5. The molecule has 1 aromatic rings. The molecule has 0 spiro atoms. The summed E-state index contributed by atoms with van der Waals surface area (Å²) in [5, 5.41) is 0. The summed E-state index contributed by atoms with van der Waals surface area (Å²) in [6.07, 6.45) is 5.81. The molecule has 0 atom stereocenters. The number of esters is 1. The number of anilines is 1. The Morgan fingerprint density at radius 3 is 2.14 bits per heavy atom. The quantitative estimate of drug-likeness (QED) is 0.636. The molecule has 2 amide bonds. The number of hydrogen-bond donors (Lipinski definition) is 0. The lowest BCUT2D eigenvalue weighted by molar-refractivity contribution is -0.121. The molecule has 22 heavy (non-hydrogen) atoms. The van der Waals surface area contributed by atoms with Crippen LogP contribution in [0.15, 0.2) is 24.3 Å². The van der Waals surface area contributed by atoms with Crippen molar-refractivity contribution in [3.8, 4) is 0 Å². The molecule has 1 saturated heterocycles. The molecular formula is C17H19NO4. The van der Waals surface area contributed by atoms with E-state index in [4.69, 9.17) is 4.74 Å². The van der Waals surface area contributed by atoms with E-state index >= 15 is 0 Å². The first kappa shape index (κ1) is 14.8. The first-order valence-corrected chi connectivity index (χ1v) is 7.82. The van der Waals surface area contributed by atoms with E-state index in [9.17, 15) is 14.4 Å². The van der Waals surface area contributed by atoms with Gasteiger partial charge in [0.05, 0.1) is 11.3 Å². The first-order valence-electron chi connectivity index (χ1n) is 7.82. The third kappa shape index (κ3) is 3.03. The van der Waals surface area contributed by atoms with Crippen molar-refractivity contribution in [2.45, 2.75) is 51.0 Å². The second kappa shape index (κ2) is 6.30. The summed E-state index contributed by atoms with van der Waals surface area (Å²) < 4.78 is 5.50. The molecule has 2 aliphatic rings. The van der Waals surface area contributed by atoms with Crippen molar-refractivity contribution in [1.82, 2.24) is 0 Å². The van der Waals surface area contributed by atoms with Crippen LogP contribution >= 0.6 is 0 Å². The number of imide groups is 1. The van der Waals surface area contributed by atoms with Gasteiger partial charge in [0.25, 0.3) is 0 Å². The summed E-state index contributed by atoms with van der Waals surface area (Å²) >= 11 is 0. The highest BCUT2D eigenvalue weighted by Crippen LogP contribution is 2.24. The number of carbonyl (C=O) groups is 3. The van der Waals surface area contributed by atoms with E-state index in [1.54, 1.807) is 24.3 Å². The lowest BCUT2D eigenvalue weighted by atomic mass is 9.98. The number of amides is 2. The summed E-state index contributed by atoms with van der Waals surface area (Å²) in [6, 6.07) is 6.47. The van der Waals surface area contributed by atoms with Crippen LogP contribution in [0.4, 0.5) is 5.69 Å². The van der Waals surface area contributed by atoms with Gasteiger partial charge in [0, 0.05) is 12.8 Å². The zero-order valence-electron chi connectivity index (χ0n) is 12.4. The molecule has 1 saturated carbocycles. The molecule has 0 unspecified atom stereocenters. The summed E-state index contributed by atoms with van der Waals surface area (Å²) in [5.41, 5.74) is 0.968. The van der Waals surface area contributed by atoms with Crippen molar-refractivity contribution in [3.05, 3.63) is 29.8 Å². The number of carbonyl (C=O) groups excluding carboxylic acids is 3. The number of ether oxygens (including phenoxy) is 1. The third-order valence-corrected chi connectivity index (χ3v) is 4.24. The van der Waals surface area contributed by atoms with Gasteiger partial charge in [0.15, 0.2) is 0 Å². The van der Waals surface area contributed by atoms with Gasteiger partial charge in [-0.3, -0.25) is 14.5 Å². The van der Waals surface area contributed by atoms with Gasteiger partial charge in [-0.05, 0) is 49.9 Å². The highest BCUT2D eigenvalue weighted by molar-refractivity contribution is 6.19. The van der Waals surface area contributed by atoms with E-state index in [0.717, 1.165) is 25.7 Å². The predicted molar refractivity (Wildman–Crippen MR) is 80.5 cm³/mol. The molecule has 1 aromatic carbocycles. The topological polar surface area (TPSA) is 63.7 Å². The monoisotopic (exact) mass is 301 g/mol. The van der Waals surface area contributed by atoms with Crippen LogP contribution in [0.5, 0.6) is 0 Å². The van der Waals surface area contributed by atoms with Crippen molar-refractivity contribution in [1.29, 1.82) is 0 Å². The Bertz CT molecular complexity index is 571. The van der Waals surface area contributed by atoms with E-state index < -0.39 is 0 Å². The van der Waals surface area contributed by atoms with Crippen LogP contribution in [0, 0.1) is 0 Å². The molecule has 0 aromatic heterocycles. The standard InChI is InChI=1S/C17H19NO4/c19-15-10-11-16(20)18(15)13-8-6-12(7-9-13)17(21)22-14-4-2-1-3-5-14/h6-9,14H,1-5,10-11H2. The predicted octanol–water partition coefficient (Wildman–Crippen LogP) is 2.83. The molecular weight excluding hydrogens is 282 g/mol. The Hall–Kier alpha value is -2.17. The number of nitrogens with zero attached hydrogens (tertiary/aromatic N) is 1. The van der Waals surface area contributed by atoms with Gasteiger partial charge in [-0.1, -0.05) is 6.42 Å². The highest BCUT2D eigenvalue weighted by Gasteiger charge is 2.30. The van der Waals surface area contributed by atoms with Crippen molar-refractivity contribution >= 4 is 23.5 Å². The molecule has 0 N–H and O–H groups in total. The van der Waals surface area contributed by atoms with Crippen molar-refractivity contribution in [2.24, 2.45) is 0 Å². The van der Waals surface area contributed by atoms with Gasteiger partial charge in [-0.25, -0.2) is 4.79 Å². The normalized spacial score (nSPS) is 19.5. The summed E-state index contributed by atoms with van der Waals surface area (Å²) in [7, 11) is 0. The van der Waals surface area contributed by atoms with Gasteiger partial charge in [0.1, 0.15) is 6.10 Å². The Morgan fingerprint density at radius 1 is 0.955 bits per heavy atom. The summed E-state index contributed by atoms with van der Waals surface area (Å²) in [4.78, 5) is 36.6. The van der Waals surface area contributed by atoms with E-state index in [0.29, 0.717) is 11.3 Å². The van der Waals surface area contributed by atoms with Gasteiger partial charge >= 0.3 is 5.97 Å². The molecule has 3 rings (SSSR count). The minimum Gasteiger partial charge on any atom is -0.459 e. The molecule has 0 bridgehead atoms. The lowest BCUT2D eigenvalue weighted by Crippen LogP contribution is -2.28. The van der Waals surface area contributed by atoms with Gasteiger partial charge < -0.3 is 4.74 Å². The molecule has 0 radical (unpaired) electrons. The molecule has 5 heteroatoms. The third-order valence-electron chi connectivity index (χ3n) is 4.24. The van der Waals surface area contributed by atoms with E-state index in [1.807, 2.05) is 0 Å². The van der Waals surface area contributed by atoms with Crippen LogP contribution in [-0.2, 0) is 14.3 Å². The zero-order valence-corrected chi connectivity index (χ0v) is 12.4. The summed E-state index contributed by atoms with van der Waals surface area (Å²) in [5.74, 6) is -0.720. The van der Waals surface area contributed by atoms with Crippen molar-refractivity contribution in [3.63, 3.8) is 0 Å².